The van der Waals surface area contributed by atoms with E-state index < -0.39 is 0 Å². The maximum absolute atomic E-state index is 7.91. The number of piperidine rings is 2. The van der Waals surface area contributed by atoms with Crippen molar-refractivity contribution in [3.63, 3.8) is 0 Å². The van der Waals surface area contributed by atoms with Gasteiger partial charge in [-0.2, -0.15) is 0 Å². The standard InChI is InChI=1S/C13H25N3/c1-15-9-5-12(6-10-15)7-11-16-8-3-2-4-13(16)14/h12,14H,2-11H2,1H3. The van der Waals surface area contributed by atoms with Crippen LogP contribution in [0.3, 0.4) is 0 Å². The van der Waals surface area contributed by atoms with Crippen molar-refractivity contribution in [3.05, 3.63) is 0 Å². The van der Waals surface area contributed by atoms with Crippen LogP contribution in [0.2, 0.25) is 0 Å². The third-order valence-corrected chi connectivity index (χ3v) is 4.12. The zero-order chi connectivity index (χ0) is 11.4. The van der Waals surface area contributed by atoms with Crippen molar-refractivity contribution in [3.8, 4) is 0 Å². The number of nitrogens with one attached hydrogen (secondary N) is 1. The summed E-state index contributed by atoms with van der Waals surface area (Å²) in [4.78, 5) is 4.74. The topological polar surface area (TPSA) is 30.3 Å². The molecule has 0 amide bonds. The largest absolute Gasteiger partial charge is 0.361 e. The fourth-order valence-corrected chi connectivity index (χ4v) is 2.82. The SMILES string of the molecule is CN1CCC(CCN2CCCCC2=N)CC1. The van der Waals surface area contributed by atoms with E-state index in [-0.39, 0.29) is 0 Å². The van der Waals surface area contributed by atoms with Gasteiger partial charge in [0.15, 0.2) is 0 Å². The Morgan fingerprint density at radius 3 is 2.62 bits per heavy atom. The van der Waals surface area contributed by atoms with Crippen molar-refractivity contribution in [2.75, 3.05) is 33.2 Å². The smallest absolute Gasteiger partial charge is 0.0957 e. The van der Waals surface area contributed by atoms with Crippen LogP contribution >= 0.6 is 0 Å². The molecule has 0 atom stereocenters. The van der Waals surface area contributed by atoms with Crippen molar-refractivity contribution in [2.45, 2.75) is 38.5 Å². The van der Waals surface area contributed by atoms with Gasteiger partial charge in [0.2, 0.25) is 0 Å². The molecule has 1 N–H and O–H groups in total. The van der Waals surface area contributed by atoms with Crippen LogP contribution in [0.4, 0.5) is 0 Å². The Bertz CT molecular complexity index is 231. The summed E-state index contributed by atoms with van der Waals surface area (Å²) in [5.74, 6) is 1.80. The van der Waals surface area contributed by atoms with Crippen LogP contribution in [0.5, 0.6) is 0 Å². The van der Waals surface area contributed by atoms with E-state index in [1.54, 1.807) is 0 Å². The summed E-state index contributed by atoms with van der Waals surface area (Å²) in [6.07, 6.45) is 7.54. The van der Waals surface area contributed by atoms with E-state index in [4.69, 9.17) is 5.41 Å². The van der Waals surface area contributed by atoms with Crippen LogP contribution in [0.15, 0.2) is 0 Å². The average molecular weight is 223 g/mol. The molecule has 0 aromatic rings. The van der Waals surface area contributed by atoms with Gasteiger partial charge in [0.1, 0.15) is 0 Å². The van der Waals surface area contributed by atoms with Crippen molar-refractivity contribution >= 4 is 5.84 Å². The summed E-state index contributed by atoms with van der Waals surface area (Å²) in [7, 11) is 2.22. The van der Waals surface area contributed by atoms with E-state index in [2.05, 4.69) is 16.8 Å². The molecular weight excluding hydrogens is 198 g/mol. The van der Waals surface area contributed by atoms with Gasteiger partial charge in [0.25, 0.3) is 0 Å². The molecule has 2 fully saturated rings. The first-order valence-corrected chi connectivity index (χ1v) is 6.76. The number of hydrogen-bond acceptors (Lipinski definition) is 2. The summed E-state index contributed by atoms with van der Waals surface area (Å²) in [5, 5.41) is 7.91. The minimum atomic E-state index is 0.888. The number of amidine groups is 1. The van der Waals surface area contributed by atoms with E-state index in [1.807, 2.05) is 0 Å². The molecule has 0 aromatic carbocycles. The molecule has 2 heterocycles. The third-order valence-electron chi connectivity index (χ3n) is 4.12. The second-order valence-electron chi connectivity index (χ2n) is 5.43. The van der Waals surface area contributed by atoms with E-state index in [1.165, 1.54) is 45.2 Å². The van der Waals surface area contributed by atoms with Gasteiger partial charge in [-0.25, -0.2) is 0 Å². The molecule has 0 aromatic heterocycles. The summed E-state index contributed by atoms with van der Waals surface area (Å²) in [6.45, 7) is 4.79. The van der Waals surface area contributed by atoms with Crippen LogP contribution in [0.1, 0.15) is 38.5 Å². The lowest BCUT2D eigenvalue weighted by atomic mass is 9.93. The minimum absolute atomic E-state index is 0.888. The van der Waals surface area contributed by atoms with E-state index in [9.17, 15) is 0 Å². The summed E-state index contributed by atoms with van der Waals surface area (Å²) in [5.41, 5.74) is 0. The highest BCUT2D eigenvalue weighted by molar-refractivity contribution is 5.79. The summed E-state index contributed by atoms with van der Waals surface area (Å²) >= 11 is 0. The van der Waals surface area contributed by atoms with E-state index >= 15 is 0 Å². The van der Waals surface area contributed by atoms with Gasteiger partial charge < -0.3 is 9.80 Å². The number of hydrogen-bond donors (Lipinski definition) is 1. The highest BCUT2D eigenvalue weighted by Crippen LogP contribution is 2.21. The Kier molecular flexibility index (Phi) is 4.22. The molecule has 3 nitrogen and oxygen atoms in total. The molecule has 2 rings (SSSR count). The molecule has 0 radical (unpaired) electrons. The van der Waals surface area contributed by atoms with Gasteiger partial charge in [0, 0.05) is 19.5 Å². The van der Waals surface area contributed by atoms with Gasteiger partial charge in [-0.05, 0) is 58.2 Å². The molecule has 0 unspecified atom stereocenters. The minimum Gasteiger partial charge on any atom is -0.361 e. The first-order chi connectivity index (χ1) is 7.75. The predicted octanol–water partition coefficient (Wildman–Crippen LogP) is 2.18. The second kappa shape index (κ2) is 5.67. The van der Waals surface area contributed by atoms with Crippen LogP contribution in [-0.4, -0.2) is 48.9 Å². The van der Waals surface area contributed by atoms with E-state index in [0.717, 1.165) is 31.3 Å². The summed E-state index contributed by atoms with van der Waals surface area (Å²) in [6, 6.07) is 0. The maximum Gasteiger partial charge on any atom is 0.0957 e. The molecule has 2 aliphatic heterocycles. The van der Waals surface area contributed by atoms with Crippen molar-refractivity contribution < 1.29 is 0 Å². The molecule has 16 heavy (non-hydrogen) atoms. The van der Waals surface area contributed by atoms with Gasteiger partial charge in [0.05, 0.1) is 5.84 Å². The highest BCUT2D eigenvalue weighted by Gasteiger charge is 2.19. The first-order valence-electron chi connectivity index (χ1n) is 6.76. The monoisotopic (exact) mass is 223 g/mol. The van der Waals surface area contributed by atoms with E-state index in [0.29, 0.717) is 0 Å². The number of likely N-dealkylation sites (tertiary alicyclic amines) is 2. The van der Waals surface area contributed by atoms with Crippen LogP contribution in [0.25, 0.3) is 0 Å². The number of rotatable bonds is 3. The fourth-order valence-electron chi connectivity index (χ4n) is 2.82. The van der Waals surface area contributed by atoms with Gasteiger partial charge in [-0.15, -0.1) is 0 Å². The molecular formula is C13H25N3. The first kappa shape index (κ1) is 11.9. The lowest BCUT2D eigenvalue weighted by Gasteiger charge is -2.33. The molecule has 0 bridgehead atoms. The molecule has 0 saturated carbocycles. The van der Waals surface area contributed by atoms with Crippen molar-refractivity contribution in [1.29, 1.82) is 5.41 Å². The van der Waals surface area contributed by atoms with Gasteiger partial charge in [-0.3, -0.25) is 5.41 Å². The Labute approximate surface area is 99.3 Å². The second-order valence-corrected chi connectivity index (χ2v) is 5.43. The zero-order valence-electron chi connectivity index (χ0n) is 10.5. The van der Waals surface area contributed by atoms with Crippen molar-refractivity contribution in [1.82, 2.24) is 9.80 Å². The van der Waals surface area contributed by atoms with Crippen LogP contribution in [-0.2, 0) is 0 Å². The third kappa shape index (κ3) is 3.21. The van der Waals surface area contributed by atoms with Gasteiger partial charge >= 0.3 is 0 Å². The Morgan fingerprint density at radius 1 is 1.19 bits per heavy atom. The molecule has 0 aliphatic carbocycles. The molecule has 2 saturated heterocycles. The quantitative estimate of drug-likeness (QED) is 0.795. The Balaban J connectivity index is 1.68. The van der Waals surface area contributed by atoms with Crippen molar-refractivity contribution in [2.24, 2.45) is 5.92 Å². The Hall–Kier alpha value is -0.570. The van der Waals surface area contributed by atoms with Crippen LogP contribution < -0.4 is 0 Å². The van der Waals surface area contributed by atoms with Crippen LogP contribution in [0, 0.1) is 11.3 Å². The predicted molar refractivity (Wildman–Crippen MR) is 68.0 cm³/mol. The molecule has 2 aliphatic rings. The molecule has 3 heteroatoms. The summed E-state index contributed by atoms with van der Waals surface area (Å²) < 4.78 is 0. The Morgan fingerprint density at radius 2 is 1.94 bits per heavy atom. The average Bonchev–Trinajstić information content (AvgIpc) is 2.30. The fraction of sp³-hybridized carbons (Fsp3) is 0.923. The van der Waals surface area contributed by atoms with Gasteiger partial charge in [-0.1, -0.05) is 0 Å². The zero-order valence-corrected chi connectivity index (χ0v) is 10.5. The highest BCUT2D eigenvalue weighted by atomic mass is 15.2. The molecule has 92 valence electrons. The lowest BCUT2D eigenvalue weighted by Crippen LogP contribution is -2.37. The maximum atomic E-state index is 7.91. The molecule has 0 spiro atoms. The normalized spacial score (nSPS) is 25.1. The lowest BCUT2D eigenvalue weighted by molar-refractivity contribution is 0.201. The number of nitrogens with zero attached hydrogens (tertiary/aromatic N) is 2.